The molecule has 4 heteroatoms. The highest BCUT2D eigenvalue weighted by molar-refractivity contribution is 5.76. The van der Waals surface area contributed by atoms with E-state index in [9.17, 15) is 4.39 Å². The molecule has 1 aromatic heterocycles. The fourth-order valence-corrected chi connectivity index (χ4v) is 2.17. The molecule has 2 aromatic rings. The molecular formula is C12H14FN3. The van der Waals surface area contributed by atoms with Crippen molar-refractivity contribution in [2.24, 2.45) is 5.73 Å². The van der Waals surface area contributed by atoms with Crippen molar-refractivity contribution in [1.29, 1.82) is 0 Å². The van der Waals surface area contributed by atoms with Crippen LogP contribution in [0.15, 0.2) is 18.2 Å². The molecular weight excluding hydrogens is 205 g/mol. The van der Waals surface area contributed by atoms with Crippen molar-refractivity contribution in [3.8, 4) is 0 Å². The summed E-state index contributed by atoms with van der Waals surface area (Å²) in [4.78, 5) is 4.47. The molecule has 0 atom stereocenters. The molecule has 0 aliphatic heterocycles. The Hall–Kier alpha value is -1.42. The largest absolute Gasteiger partial charge is 0.330 e. The number of nitrogens with two attached hydrogens (primary N) is 1. The molecule has 1 heterocycles. The Balaban J connectivity index is 2.20. The quantitative estimate of drug-likeness (QED) is 0.858. The summed E-state index contributed by atoms with van der Waals surface area (Å²) in [6.07, 6.45) is 3.15. The summed E-state index contributed by atoms with van der Waals surface area (Å²) in [5, 5.41) is 0. The lowest BCUT2D eigenvalue weighted by Crippen LogP contribution is -2.09. The van der Waals surface area contributed by atoms with Crippen LogP contribution in [0, 0.1) is 5.82 Å². The lowest BCUT2D eigenvalue weighted by molar-refractivity contribution is 0.629. The number of aromatic nitrogens is 2. The van der Waals surface area contributed by atoms with Gasteiger partial charge in [0.05, 0.1) is 11.0 Å². The number of imidazole rings is 1. The fourth-order valence-electron chi connectivity index (χ4n) is 2.17. The summed E-state index contributed by atoms with van der Waals surface area (Å²) < 4.78 is 15.3. The van der Waals surface area contributed by atoms with E-state index in [0.29, 0.717) is 12.6 Å². The van der Waals surface area contributed by atoms with E-state index in [1.54, 1.807) is 0 Å². The topological polar surface area (TPSA) is 43.8 Å². The molecule has 1 aliphatic carbocycles. The first-order valence-electron chi connectivity index (χ1n) is 5.66. The average molecular weight is 219 g/mol. The van der Waals surface area contributed by atoms with Crippen molar-refractivity contribution in [2.75, 3.05) is 6.54 Å². The Morgan fingerprint density at radius 3 is 2.94 bits per heavy atom. The highest BCUT2D eigenvalue weighted by Gasteiger charge is 2.27. The summed E-state index contributed by atoms with van der Waals surface area (Å²) >= 11 is 0. The molecule has 0 unspecified atom stereocenters. The lowest BCUT2D eigenvalue weighted by atomic mass is 10.3. The van der Waals surface area contributed by atoms with Gasteiger partial charge in [0, 0.05) is 18.5 Å². The van der Waals surface area contributed by atoms with E-state index in [4.69, 9.17) is 5.73 Å². The van der Waals surface area contributed by atoms with Gasteiger partial charge >= 0.3 is 0 Å². The number of benzene rings is 1. The molecule has 1 saturated carbocycles. The van der Waals surface area contributed by atoms with Gasteiger partial charge in [-0.15, -0.1) is 0 Å². The Kier molecular flexibility index (Phi) is 2.17. The number of rotatable bonds is 3. The molecule has 84 valence electrons. The third-order valence-corrected chi connectivity index (χ3v) is 3.00. The van der Waals surface area contributed by atoms with Crippen LogP contribution in [0.4, 0.5) is 4.39 Å². The zero-order valence-corrected chi connectivity index (χ0v) is 8.99. The second kappa shape index (κ2) is 3.56. The molecule has 0 spiro atoms. The third-order valence-electron chi connectivity index (χ3n) is 3.00. The van der Waals surface area contributed by atoms with E-state index in [2.05, 4.69) is 9.55 Å². The van der Waals surface area contributed by atoms with Crippen LogP contribution in [0.5, 0.6) is 0 Å². The van der Waals surface area contributed by atoms with Crippen LogP contribution in [0.3, 0.4) is 0 Å². The minimum atomic E-state index is -0.229. The molecule has 1 aromatic carbocycles. The molecule has 16 heavy (non-hydrogen) atoms. The molecule has 0 radical (unpaired) electrons. The van der Waals surface area contributed by atoms with Gasteiger partial charge in [-0.3, -0.25) is 0 Å². The number of hydrogen-bond acceptors (Lipinski definition) is 2. The first-order valence-corrected chi connectivity index (χ1v) is 5.66. The summed E-state index contributed by atoms with van der Waals surface area (Å²) in [5.74, 6) is 0.762. The maximum atomic E-state index is 13.1. The van der Waals surface area contributed by atoms with E-state index in [1.165, 1.54) is 25.0 Å². The second-order valence-electron chi connectivity index (χ2n) is 4.30. The van der Waals surface area contributed by atoms with Crippen LogP contribution in [-0.2, 0) is 6.42 Å². The van der Waals surface area contributed by atoms with Crippen molar-refractivity contribution in [3.63, 3.8) is 0 Å². The predicted molar refractivity (Wildman–Crippen MR) is 60.7 cm³/mol. The Morgan fingerprint density at radius 2 is 2.25 bits per heavy atom. The molecule has 3 nitrogen and oxygen atoms in total. The van der Waals surface area contributed by atoms with Gasteiger partial charge < -0.3 is 10.3 Å². The third kappa shape index (κ3) is 1.50. The number of nitrogens with zero attached hydrogens (tertiary/aromatic N) is 2. The maximum absolute atomic E-state index is 13.1. The van der Waals surface area contributed by atoms with Gasteiger partial charge in [-0.05, 0) is 31.5 Å². The molecule has 3 rings (SSSR count). The van der Waals surface area contributed by atoms with Gasteiger partial charge in [0.25, 0.3) is 0 Å². The number of halogens is 1. The van der Waals surface area contributed by atoms with Gasteiger partial charge in [0.2, 0.25) is 0 Å². The first-order chi connectivity index (χ1) is 7.79. The molecule has 0 saturated heterocycles. The molecule has 1 aliphatic rings. The van der Waals surface area contributed by atoms with Crippen LogP contribution in [0.2, 0.25) is 0 Å². The predicted octanol–water partition coefficient (Wildman–Crippen LogP) is 2.01. The van der Waals surface area contributed by atoms with E-state index in [-0.39, 0.29) is 5.82 Å². The Morgan fingerprint density at radius 1 is 1.44 bits per heavy atom. The summed E-state index contributed by atoms with van der Waals surface area (Å²) in [6.45, 7) is 0.582. The standard InChI is InChI=1S/C12H14FN3/c13-8-1-4-11-10(7-8)15-12(5-6-14)16(11)9-2-3-9/h1,4,7,9H,2-3,5-6,14H2. The van der Waals surface area contributed by atoms with Crippen molar-refractivity contribution in [1.82, 2.24) is 9.55 Å². The van der Waals surface area contributed by atoms with E-state index < -0.39 is 0 Å². The van der Waals surface area contributed by atoms with E-state index in [0.717, 1.165) is 23.3 Å². The maximum Gasteiger partial charge on any atom is 0.125 e. The SMILES string of the molecule is NCCc1nc2cc(F)ccc2n1C1CC1. The van der Waals surface area contributed by atoms with Crippen LogP contribution in [0.1, 0.15) is 24.7 Å². The highest BCUT2D eigenvalue weighted by Crippen LogP contribution is 2.38. The average Bonchev–Trinajstić information content (AvgIpc) is 3.02. The van der Waals surface area contributed by atoms with Crippen LogP contribution < -0.4 is 5.73 Å². The Labute approximate surface area is 93.1 Å². The monoisotopic (exact) mass is 219 g/mol. The lowest BCUT2D eigenvalue weighted by Gasteiger charge is -2.05. The van der Waals surface area contributed by atoms with Gasteiger partial charge in [-0.1, -0.05) is 0 Å². The zero-order chi connectivity index (χ0) is 11.1. The summed E-state index contributed by atoms with van der Waals surface area (Å²) in [6, 6.07) is 5.36. The zero-order valence-electron chi connectivity index (χ0n) is 8.99. The van der Waals surface area contributed by atoms with Crippen LogP contribution in [0.25, 0.3) is 11.0 Å². The summed E-state index contributed by atoms with van der Waals surface area (Å²) in [5.41, 5.74) is 7.35. The van der Waals surface area contributed by atoms with Crippen LogP contribution in [-0.4, -0.2) is 16.1 Å². The van der Waals surface area contributed by atoms with E-state index in [1.807, 2.05) is 6.07 Å². The number of fused-ring (bicyclic) bond motifs is 1. The number of hydrogen-bond donors (Lipinski definition) is 1. The van der Waals surface area contributed by atoms with Gasteiger partial charge in [0.1, 0.15) is 11.6 Å². The van der Waals surface area contributed by atoms with Crippen LogP contribution >= 0.6 is 0 Å². The molecule has 0 bridgehead atoms. The Bertz CT molecular complexity index is 528. The van der Waals surface area contributed by atoms with Gasteiger partial charge in [0.15, 0.2) is 0 Å². The minimum absolute atomic E-state index is 0.229. The molecule has 2 N–H and O–H groups in total. The van der Waals surface area contributed by atoms with E-state index >= 15 is 0 Å². The smallest absolute Gasteiger partial charge is 0.125 e. The molecule has 0 amide bonds. The fraction of sp³-hybridized carbons (Fsp3) is 0.417. The first kappa shape index (κ1) is 9.78. The molecule has 1 fully saturated rings. The van der Waals surface area contributed by atoms with Gasteiger partial charge in [-0.2, -0.15) is 0 Å². The van der Waals surface area contributed by atoms with Crippen molar-refractivity contribution in [2.45, 2.75) is 25.3 Å². The summed E-state index contributed by atoms with van der Waals surface area (Å²) in [7, 11) is 0. The highest BCUT2D eigenvalue weighted by atomic mass is 19.1. The van der Waals surface area contributed by atoms with Crippen molar-refractivity contribution in [3.05, 3.63) is 29.8 Å². The van der Waals surface area contributed by atoms with Crippen molar-refractivity contribution < 1.29 is 4.39 Å². The van der Waals surface area contributed by atoms with Crippen molar-refractivity contribution >= 4 is 11.0 Å². The van der Waals surface area contributed by atoms with Gasteiger partial charge in [-0.25, -0.2) is 9.37 Å². The normalized spacial score (nSPS) is 15.9. The minimum Gasteiger partial charge on any atom is -0.330 e. The second-order valence-corrected chi connectivity index (χ2v) is 4.30.